The minimum Gasteiger partial charge on any atom is -0.373 e. The van der Waals surface area contributed by atoms with Crippen LogP contribution in [-0.2, 0) is 17.4 Å². The van der Waals surface area contributed by atoms with Gasteiger partial charge in [-0.3, -0.25) is 9.78 Å². The van der Waals surface area contributed by atoms with Gasteiger partial charge in [-0.2, -0.15) is 13.2 Å². The van der Waals surface area contributed by atoms with Gasteiger partial charge in [-0.1, -0.05) is 19.6 Å². The summed E-state index contributed by atoms with van der Waals surface area (Å²) in [5, 5.41) is 3.80. The standard InChI is InChI=1S/C31H37F3N6O/c1-5-40(21(2)13-14-39(4)27-16-24(18-35-19-27)31(32,33)34)26-8-6-7-23(9-11-26)15-29-28-12-10-25(38-22(3)41)17-30(28)37-20-36-29/h5,10,12,16-20,23,26H,1-2,6-9,11,13-15H2,3-4H3,(H,38,41). The molecule has 0 aliphatic heterocycles. The van der Waals surface area contributed by atoms with Crippen molar-refractivity contribution in [2.45, 2.75) is 64.1 Å². The SMILES string of the molecule is C=CN(C(=C)CCN(C)c1cncc(C(F)(F)F)c1)C1CCCC(Cc2ncnc3cc(NC(C)=O)ccc23)CC1. The number of anilines is 2. The van der Waals surface area contributed by atoms with E-state index in [9.17, 15) is 18.0 Å². The Morgan fingerprint density at radius 2 is 1.95 bits per heavy atom. The first kappa shape index (κ1) is 30.0. The molecule has 0 saturated heterocycles. The molecule has 1 N–H and O–H groups in total. The summed E-state index contributed by atoms with van der Waals surface area (Å²) in [5.41, 5.74) is 3.10. The van der Waals surface area contributed by atoms with Crippen LogP contribution >= 0.6 is 0 Å². The van der Waals surface area contributed by atoms with Gasteiger partial charge in [0.2, 0.25) is 5.91 Å². The minimum absolute atomic E-state index is 0.122. The predicted molar refractivity (Wildman–Crippen MR) is 156 cm³/mol. The number of rotatable bonds is 10. The van der Waals surface area contributed by atoms with Crippen LogP contribution in [0.25, 0.3) is 10.9 Å². The van der Waals surface area contributed by atoms with Gasteiger partial charge in [-0.25, -0.2) is 9.97 Å². The Bertz CT molecular complexity index is 1390. The molecule has 7 nitrogen and oxygen atoms in total. The van der Waals surface area contributed by atoms with E-state index in [2.05, 4.69) is 38.3 Å². The lowest BCUT2D eigenvalue weighted by Crippen LogP contribution is -2.31. The lowest BCUT2D eigenvalue weighted by molar-refractivity contribution is -0.137. The molecule has 0 bridgehead atoms. The third-order valence-corrected chi connectivity index (χ3v) is 7.76. The zero-order valence-corrected chi connectivity index (χ0v) is 23.6. The van der Waals surface area contributed by atoms with Crippen molar-refractivity contribution in [1.29, 1.82) is 0 Å². The highest BCUT2D eigenvalue weighted by Gasteiger charge is 2.31. The second-order valence-electron chi connectivity index (χ2n) is 10.7. The second kappa shape index (κ2) is 13.1. The Labute approximate surface area is 239 Å². The maximum absolute atomic E-state index is 13.1. The van der Waals surface area contributed by atoms with Crippen LogP contribution in [0.4, 0.5) is 24.5 Å². The number of nitrogens with zero attached hydrogens (tertiary/aromatic N) is 5. The second-order valence-corrected chi connectivity index (χ2v) is 10.7. The van der Waals surface area contributed by atoms with Crippen LogP contribution in [0.2, 0.25) is 0 Å². The van der Waals surface area contributed by atoms with Gasteiger partial charge >= 0.3 is 6.18 Å². The van der Waals surface area contributed by atoms with E-state index in [1.54, 1.807) is 18.3 Å². The quantitative estimate of drug-likeness (QED) is 0.267. The third-order valence-electron chi connectivity index (χ3n) is 7.76. The van der Waals surface area contributed by atoms with E-state index < -0.39 is 11.7 Å². The van der Waals surface area contributed by atoms with E-state index in [1.807, 2.05) is 24.4 Å². The molecule has 1 fully saturated rings. The van der Waals surface area contributed by atoms with Crippen molar-refractivity contribution < 1.29 is 18.0 Å². The number of halogens is 3. The van der Waals surface area contributed by atoms with Gasteiger partial charge in [0.05, 0.1) is 28.7 Å². The van der Waals surface area contributed by atoms with Gasteiger partial charge in [-0.05, 0) is 68.5 Å². The summed E-state index contributed by atoms with van der Waals surface area (Å²) in [4.78, 5) is 28.1. The summed E-state index contributed by atoms with van der Waals surface area (Å²) in [6.07, 6.45) is 7.90. The molecule has 10 heteroatoms. The lowest BCUT2D eigenvalue weighted by Gasteiger charge is -2.32. The first-order chi connectivity index (χ1) is 19.5. The highest BCUT2D eigenvalue weighted by molar-refractivity contribution is 5.92. The Hall–Kier alpha value is -3.95. The van der Waals surface area contributed by atoms with E-state index in [0.29, 0.717) is 24.6 Å². The van der Waals surface area contributed by atoms with Crippen molar-refractivity contribution in [2.24, 2.45) is 5.92 Å². The first-order valence-electron chi connectivity index (χ1n) is 13.9. The zero-order valence-electron chi connectivity index (χ0n) is 23.6. The van der Waals surface area contributed by atoms with E-state index in [0.717, 1.165) is 78.8 Å². The Kier molecular flexibility index (Phi) is 9.62. The molecule has 1 saturated carbocycles. The highest BCUT2D eigenvalue weighted by atomic mass is 19.4. The van der Waals surface area contributed by atoms with Crippen LogP contribution in [-0.4, -0.2) is 45.4 Å². The molecule has 41 heavy (non-hydrogen) atoms. The van der Waals surface area contributed by atoms with Crippen molar-refractivity contribution in [3.05, 3.63) is 79.3 Å². The van der Waals surface area contributed by atoms with E-state index in [1.165, 1.54) is 13.1 Å². The number of amides is 1. The van der Waals surface area contributed by atoms with Crippen LogP contribution < -0.4 is 10.2 Å². The summed E-state index contributed by atoms with van der Waals surface area (Å²) >= 11 is 0. The van der Waals surface area contributed by atoms with Gasteiger partial charge in [0.1, 0.15) is 6.33 Å². The van der Waals surface area contributed by atoms with Crippen molar-refractivity contribution in [3.63, 3.8) is 0 Å². The van der Waals surface area contributed by atoms with Gasteiger partial charge in [-0.15, -0.1) is 0 Å². The largest absolute Gasteiger partial charge is 0.417 e. The number of carbonyl (C=O) groups is 1. The number of hydrogen-bond donors (Lipinski definition) is 1. The topological polar surface area (TPSA) is 74.2 Å². The number of aromatic nitrogens is 3. The maximum Gasteiger partial charge on any atom is 0.417 e. The molecule has 2 heterocycles. The summed E-state index contributed by atoms with van der Waals surface area (Å²) in [6.45, 7) is 10.3. The molecule has 4 rings (SSSR count). The van der Waals surface area contributed by atoms with Gasteiger partial charge in [0.25, 0.3) is 0 Å². The molecule has 2 aromatic heterocycles. The monoisotopic (exact) mass is 566 g/mol. The number of fused-ring (bicyclic) bond motifs is 1. The molecular formula is C31H37F3N6O. The minimum atomic E-state index is -4.43. The maximum atomic E-state index is 13.1. The van der Waals surface area contributed by atoms with Crippen molar-refractivity contribution >= 4 is 28.2 Å². The smallest absolute Gasteiger partial charge is 0.373 e. The molecule has 0 spiro atoms. The zero-order chi connectivity index (χ0) is 29.6. The summed E-state index contributed by atoms with van der Waals surface area (Å²) in [7, 11) is 1.76. The molecule has 2 atom stereocenters. The molecule has 3 aromatic rings. The molecule has 1 amide bonds. The number of alkyl halides is 3. The Balaban J connectivity index is 1.34. The Morgan fingerprint density at radius 3 is 2.68 bits per heavy atom. The first-order valence-corrected chi connectivity index (χ1v) is 13.9. The highest BCUT2D eigenvalue weighted by Crippen LogP contribution is 2.33. The molecule has 1 aliphatic carbocycles. The molecule has 0 radical (unpaired) electrons. The predicted octanol–water partition coefficient (Wildman–Crippen LogP) is 6.98. The Morgan fingerprint density at radius 1 is 1.15 bits per heavy atom. The molecule has 1 aromatic carbocycles. The van der Waals surface area contributed by atoms with E-state index in [-0.39, 0.29) is 11.9 Å². The third kappa shape index (κ3) is 7.83. The fourth-order valence-electron chi connectivity index (χ4n) is 5.55. The van der Waals surface area contributed by atoms with Gasteiger partial charge in [0, 0.05) is 55.9 Å². The number of carbonyl (C=O) groups excluding carboxylic acids is 1. The number of benzene rings is 1. The molecule has 218 valence electrons. The van der Waals surface area contributed by atoms with Crippen LogP contribution in [0.3, 0.4) is 0 Å². The summed E-state index contributed by atoms with van der Waals surface area (Å²) in [6, 6.07) is 7.13. The van der Waals surface area contributed by atoms with Crippen LogP contribution in [0.1, 0.15) is 56.7 Å². The molecular weight excluding hydrogens is 529 g/mol. The summed E-state index contributed by atoms with van der Waals surface area (Å²) < 4.78 is 39.3. The van der Waals surface area contributed by atoms with E-state index in [4.69, 9.17) is 0 Å². The van der Waals surface area contributed by atoms with Crippen molar-refractivity contribution in [1.82, 2.24) is 19.9 Å². The van der Waals surface area contributed by atoms with Gasteiger partial charge < -0.3 is 15.1 Å². The van der Waals surface area contributed by atoms with Crippen LogP contribution in [0, 0.1) is 5.92 Å². The average Bonchev–Trinajstić information content (AvgIpc) is 3.17. The van der Waals surface area contributed by atoms with E-state index >= 15 is 0 Å². The number of pyridine rings is 1. The fraction of sp³-hybridized carbons (Fsp3) is 0.419. The lowest BCUT2D eigenvalue weighted by atomic mass is 9.93. The fourth-order valence-corrected chi connectivity index (χ4v) is 5.55. The number of nitrogens with one attached hydrogen (secondary N) is 1. The van der Waals surface area contributed by atoms with Crippen molar-refractivity contribution in [3.8, 4) is 0 Å². The van der Waals surface area contributed by atoms with Crippen LogP contribution in [0.5, 0.6) is 0 Å². The van der Waals surface area contributed by atoms with Gasteiger partial charge in [0.15, 0.2) is 0 Å². The van der Waals surface area contributed by atoms with Crippen molar-refractivity contribution in [2.75, 3.05) is 23.8 Å². The average molecular weight is 567 g/mol. The molecule has 2 unspecified atom stereocenters. The summed E-state index contributed by atoms with van der Waals surface area (Å²) in [5.74, 6) is 0.357. The molecule has 1 aliphatic rings. The van der Waals surface area contributed by atoms with Crippen LogP contribution in [0.15, 0.2) is 68.0 Å². The number of hydrogen-bond acceptors (Lipinski definition) is 6. The normalized spacial score (nSPS) is 17.5.